The van der Waals surface area contributed by atoms with Crippen molar-refractivity contribution >= 4 is 35.0 Å². The summed E-state index contributed by atoms with van der Waals surface area (Å²) >= 11 is 5.87. The number of carbonyl (C=O) groups is 3. The highest BCUT2D eigenvalue weighted by Crippen LogP contribution is 2.29. The lowest BCUT2D eigenvalue weighted by Crippen LogP contribution is -2.42. The van der Waals surface area contributed by atoms with Crippen molar-refractivity contribution in [3.63, 3.8) is 0 Å². The number of carbonyl (C=O) groups excluding carboxylic acids is 3. The van der Waals surface area contributed by atoms with E-state index < -0.39 is 5.91 Å². The number of hydrogen-bond donors (Lipinski definition) is 3. The molecule has 0 saturated carbocycles. The van der Waals surface area contributed by atoms with Crippen molar-refractivity contribution < 1.29 is 18.8 Å². The number of fused-ring (bicyclic) bond motifs is 1. The van der Waals surface area contributed by atoms with E-state index in [1.165, 1.54) is 0 Å². The van der Waals surface area contributed by atoms with Gasteiger partial charge in [0.05, 0.1) is 12.1 Å². The average molecular weight is 479 g/mol. The molecule has 8 nitrogen and oxygen atoms in total. The van der Waals surface area contributed by atoms with Crippen LogP contribution < -0.4 is 16.3 Å². The minimum atomic E-state index is -0.558. The molecule has 3 amide bonds. The molecule has 0 fully saturated rings. The number of hydrogen-bond acceptors (Lipinski definition) is 5. The third kappa shape index (κ3) is 5.35. The van der Waals surface area contributed by atoms with E-state index in [4.69, 9.17) is 16.0 Å². The lowest BCUT2D eigenvalue weighted by Gasteiger charge is -2.13. The van der Waals surface area contributed by atoms with Crippen molar-refractivity contribution in [1.82, 2.24) is 16.3 Å². The molecule has 0 atom stereocenters. The van der Waals surface area contributed by atoms with Gasteiger partial charge in [0.1, 0.15) is 5.76 Å². The fourth-order valence-corrected chi connectivity index (χ4v) is 3.92. The Morgan fingerprint density at radius 3 is 2.44 bits per heavy atom. The largest absolute Gasteiger partial charge is 0.455 e. The van der Waals surface area contributed by atoms with Gasteiger partial charge in [0, 0.05) is 28.1 Å². The number of amides is 3. The van der Waals surface area contributed by atoms with E-state index in [9.17, 15) is 14.4 Å². The predicted octanol–water partition coefficient (Wildman–Crippen LogP) is 3.72. The number of hydrazine groups is 1. The van der Waals surface area contributed by atoms with Gasteiger partial charge in [-0.2, -0.15) is 5.10 Å². The molecule has 3 N–H and O–H groups in total. The van der Waals surface area contributed by atoms with Gasteiger partial charge in [-0.3, -0.25) is 25.2 Å². The second-order valence-corrected chi connectivity index (χ2v) is 8.32. The number of hydrazone groups is 1. The standard InChI is InChI=1S/C25H23ClN4O4/c1-15-22-19(27-29-24(32)17-10-12-18(26)13-11-17)8-5-9-20(22)34-23(15)25(33)30-28-21(31)14-16-6-3-2-4-7-16/h2-4,6-7,10-13H,5,8-9,14H2,1H3,(H,28,31)(H,29,32)(H,30,33)/b27-19+. The van der Waals surface area contributed by atoms with Gasteiger partial charge in [-0.25, -0.2) is 5.43 Å². The zero-order chi connectivity index (χ0) is 24.1. The predicted molar refractivity (Wildman–Crippen MR) is 128 cm³/mol. The summed E-state index contributed by atoms with van der Waals surface area (Å²) in [4.78, 5) is 37.2. The van der Waals surface area contributed by atoms with Crippen LogP contribution in [0.1, 0.15) is 56.2 Å². The summed E-state index contributed by atoms with van der Waals surface area (Å²) in [5.41, 5.74) is 10.6. The van der Waals surface area contributed by atoms with E-state index in [0.29, 0.717) is 46.0 Å². The summed E-state index contributed by atoms with van der Waals surface area (Å²) in [7, 11) is 0. The van der Waals surface area contributed by atoms with Crippen LogP contribution in [0.3, 0.4) is 0 Å². The van der Waals surface area contributed by atoms with E-state index in [1.807, 2.05) is 30.3 Å². The second-order valence-electron chi connectivity index (χ2n) is 7.88. The van der Waals surface area contributed by atoms with Crippen LogP contribution in [0.4, 0.5) is 0 Å². The third-order valence-corrected chi connectivity index (χ3v) is 5.71. The van der Waals surface area contributed by atoms with Gasteiger partial charge in [-0.15, -0.1) is 0 Å². The van der Waals surface area contributed by atoms with Gasteiger partial charge in [-0.1, -0.05) is 41.9 Å². The molecule has 0 aliphatic heterocycles. The maximum absolute atomic E-state index is 12.7. The van der Waals surface area contributed by atoms with E-state index in [-0.39, 0.29) is 24.0 Å². The molecule has 0 unspecified atom stereocenters. The third-order valence-electron chi connectivity index (χ3n) is 5.45. The second kappa shape index (κ2) is 10.4. The Morgan fingerprint density at radius 1 is 0.971 bits per heavy atom. The van der Waals surface area contributed by atoms with Crippen LogP contribution in [0.25, 0.3) is 0 Å². The van der Waals surface area contributed by atoms with Crippen molar-refractivity contribution in [1.29, 1.82) is 0 Å². The highest BCUT2D eigenvalue weighted by Gasteiger charge is 2.28. The monoisotopic (exact) mass is 478 g/mol. The Kier molecular flexibility index (Phi) is 7.08. The molecule has 1 aliphatic carbocycles. The Balaban J connectivity index is 1.43. The van der Waals surface area contributed by atoms with Crippen LogP contribution in [0, 0.1) is 6.92 Å². The van der Waals surface area contributed by atoms with E-state index in [1.54, 1.807) is 31.2 Å². The van der Waals surface area contributed by atoms with Crippen molar-refractivity contribution in [2.24, 2.45) is 5.10 Å². The fraction of sp³-hybridized carbons (Fsp3) is 0.200. The smallest absolute Gasteiger partial charge is 0.305 e. The van der Waals surface area contributed by atoms with Gasteiger partial charge in [0.2, 0.25) is 5.91 Å². The summed E-state index contributed by atoms with van der Waals surface area (Å²) in [5.74, 6) is -0.539. The van der Waals surface area contributed by atoms with Crippen molar-refractivity contribution in [3.8, 4) is 0 Å². The van der Waals surface area contributed by atoms with Crippen LogP contribution in [-0.2, 0) is 17.6 Å². The van der Waals surface area contributed by atoms with Crippen molar-refractivity contribution in [2.75, 3.05) is 0 Å². The highest BCUT2D eigenvalue weighted by atomic mass is 35.5. The molecule has 174 valence electrons. The van der Waals surface area contributed by atoms with Gasteiger partial charge in [-0.05, 0) is 49.6 Å². The molecule has 1 aliphatic rings. The first-order valence-electron chi connectivity index (χ1n) is 10.8. The molecular weight excluding hydrogens is 456 g/mol. The van der Waals surface area contributed by atoms with Gasteiger partial charge < -0.3 is 4.42 Å². The maximum Gasteiger partial charge on any atom is 0.305 e. The Labute approximate surface area is 201 Å². The first kappa shape index (κ1) is 23.3. The number of aryl methyl sites for hydroxylation is 1. The molecule has 2 aromatic carbocycles. The molecule has 0 spiro atoms. The summed E-state index contributed by atoms with van der Waals surface area (Å²) in [6.45, 7) is 1.75. The molecule has 1 heterocycles. The Bertz CT molecular complexity index is 1250. The molecule has 1 aromatic heterocycles. The molecule has 0 bridgehead atoms. The molecule has 3 aromatic rings. The average Bonchev–Trinajstić information content (AvgIpc) is 3.19. The van der Waals surface area contributed by atoms with Crippen LogP contribution in [0.5, 0.6) is 0 Å². The summed E-state index contributed by atoms with van der Waals surface area (Å²) in [6, 6.07) is 15.7. The Hall–Kier alpha value is -3.91. The van der Waals surface area contributed by atoms with E-state index >= 15 is 0 Å². The fourth-order valence-electron chi connectivity index (χ4n) is 3.79. The van der Waals surface area contributed by atoms with Crippen LogP contribution in [0.2, 0.25) is 5.02 Å². The summed E-state index contributed by atoms with van der Waals surface area (Å²) < 4.78 is 5.81. The minimum Gasteiger partial charge on any atom is -0.455 e. The summed E-state index contributed by atoms with van der Waals surface area (Å²) in [5, 5.41) is 4.84. The normalized spacial score (nSPS) is 13.8. The van der Waals surface area contributed by atoms with Crippen LogP contribution in [-0.4, -0.2) is 23.4 Å². The lowest BCUT2D eigenvalue weighted by molar-refractivity contribution is -0.121. The number of nitrogens with one attached hydrogen (secondary N) is 3. The van der Waals surface area contributed by atoms with Gasteiger partial charge in [0.25, 0.3) is 5.91 Å². The van der Waals surface area contributed by atoms with Gasteiger partial charge in [0.15, 0.2) is 5.76 Å². The molecule has 0 saturated heterocycles. The SMILES string of the molecule is Cc1c(C(=O)NNC(=O)Cc2ccccc2)oc2c1/C(=N/NC(=O)c1ccc(Cl)cc1)CCC2. The van der Waals surface area contributed by atoms with Crippen LogP contribution >= 0.6 is 11.6 Å². The lowest BCUT2D eigenvalue weighted by atomic mass is 9.93. The van der Waals surface area contributed by atoms with E-state index in [0.717, 1.165) is 12.0 Å². The zero-order valence-electron chi connectivity index (χ0n) is 18.5. The quantitative estimate of drug-likeness (QED) is 0.485. The number of rotatable bonds is 5. The highest BCUT2D eigenvalue weighted by molar-refractivity contribution is 6.30. The maximum atomic E-state index is 12.7. The number of halogens is 1. The number of nitrogens with zero attached hydrogens (tertiary/aromatic N) is 1. The molecule has 0 radical (unpaired) electrons. The molecule has 4 rings (SSSR count). The number of furan rings is 1. The Morgan fingerprint density at radius 2 is 1.71 bits per heavy atom. The van der Waals surface area contributed by atoms with Crippen molar-refractivity contribution in [2.45, 2.75) is 32.6 Å². The summed E-state index contributed by atoms with van der Waals surface area (Å²) in [6.07, 6.45) is 2.18. The van der Waals surface area contributed by atoms with Gasteiger partial charge >= 0.3 is 5.91 Å². The topological polar surface area (TPSA) is 113 Å². The van der Waals surface area contributed by atoms with Crippen LogP contribution in [0.15, 0.2) is 64.1 Å². The first-order chi connectivity index (χ1) is 16.4. The number of benzene rings is 2. The first-order valence-corrected chi connectivity index (χ1v) is 11.2. The molecule has 9 heteroatoms. The zero-order valence-corrected chi connectivity index (χ0v) is 19.2. The minimum absolute atomic E-state index is 0.101. The van der Waals surface area contributed by atoms with Crippen molar-refractivity contribution in [3.05, 3.63) is 93.4 Å². The van der Waals surface area contributed by atoms with E-state index in [2.05, 4.69) is 21.4 Å². The molecular formula is C25H23ClN4O4. The molecule has 34 heavy (non-hydrogen) atoms.